The maximum absolute atomic E-state index is 11.8. The van der Waals surface area contributed by atoms with Crippen LogP contribution in [0.15, 0.2) is 53.8 Å². The van der Waals surface area contributed by atoms with Crippen LogP contribution in [0.5, 0.6) is 0 Å². The van der Waals surface area contributed by atoms with Crippen LogP contribution in [-0.2, 0) is 11.3 Å². The lowest BCUT2D eigenvalue weighted by Crippen LogP contribution is -2.38. The van der Waals surface area contributed by atoms with E-state index in [1.54, 1.807) is 18.3 Å². The van der Waals surface area contributed by atoms with Gasteiger partial charge in [-0.15, -0.1) is 0 Å². The molecule has 3 aromatic rings. The molecule has 38 heavy (non-hydrogen) atoms. The van der Waals surface area contributed by atoms with Crippen LogP contribution in [0.1, 0.15) is 24.1 Å². The first kappa shape index (κ1) is 25.8. The van der Waals surface area contributed by atoms with Crippen molar-refractivity contribution >= 4 is 40.9 Å². The molecule has 2 saturated heterocycles. The van der Waals surface area contributed by atoms with Gasteiger partial charge in [0.25, 0.3) is 11.1 Å². The number of thioether (sulfide) groups is 1. The lowest BCUT2D eigenvalue weighted by atomic mass is 9.96. The Balaban J connectivity index is 1.13. The summed E-state index contributed by atoms with van der Waals surface area (Å²) in [6.45, 7) is 3.45. The van der Waals surface area contributed by atoms with Crippen molar-refractivity contribution in [3.63, 3.8) is 0 Å². The van der Waals surface area contributed by atoms with Crippen LogP contribution in [-0.4, -0.2) is 64.8 Å². The van der Waals surface area contributed by atoms with Crippen LogP contribution in [0, 0.1) is 5.92 Å². The van der Waals surface area contributed by atoms with Gasteiger partial charge in [0.15, 0.2) is 0 Å². The van der Waals surface area contributed by atoms with E-state index in [0.717, 1.165) is 61.9 Å². The zero-order chi connectivity index (χ0) is 26.5. The fourth-order valence-electron chi connectivity index (χ4n) is 4.55. The van der Waals surface area contributed by atoms with Crippen molar-refractivity contribution in [2.24, 2.45) is 5.92 Å². The molecule has 0 atom stereocenters. The monoisotopic (exact) mass is 530 g/mol. The molecule has 5 rings (SSSR count). The predicted molar refractivity (Wildman–Crippen MR) is 150 cm³/mol. The molecule has 2 amide bonds. The molecule has 0 spiro atoms. The highest BCUT2D eigenvalue weighted by Crippen LogP contribution is 2.27. The maximum atomic E-state index is 11.8. The SMILES string of the molecule is CN(C)c1ncc(-c2ccccc2CNCC2CCN(c3nccc(/C=C4\SC(=O)NC4=O)n3)CC2)cn1. The highest BCUT2D eigenvalue weighted by Gasteiger charge is 2.26. The minimum atomic E-state index is -0.383. The number of rotatable bonds is 8. The standard InChI is InChI=1S/C27H30N8O2S/c1-34(2)25-30-16-20(17-31-25)22-6-4-3-5-19(22)15-28-14-18-8-11-35(12-9-18)26-29-10-7-21(32-26)13-23-24(36)33-27(37)38-23/h3-7,10,13,16-18,28H,8-9,11-12,14-15H2,1-2H3,(H,33,36,37)/b23-13-. The van der Waals surface area contributed by atoms with Crippen LogP contribution < -0.4 is 20.4 Å². The quantitative estimate of drug-likeness (QED) is 0.420. The molecular formula is C27H30N8O2S. The lowest BCUT2D eigenvalue weighted by molar-refractivity contribution is -0.115. The Bertz CT molecular complexity index is 1340. The van der Waals surface area contributed by atoms with Gasteiger partial charge in [0, 0.05) is 57.9 Å². The Kier molecular flexibility index (Phi) is 7.94. The number of imide groups is 1. The van der Waals surface area contributed by atoms with Crippen LogP contribution in [0.3, 0.4) is 0 Å². The lowest BCUT2D eigenvalue weighted by Gasteiger charge is -2.32. The minimum absolute atomic E-state index is 0.351. The first-order valence-electron chi connectivity index (χ1n) is 12.6. The number of nitrogens with zero attached hydrogens (tertiary/aromatic N) is 6. The molecule has 0 aliphatic carbocycles. The van der Waals surface area contributed by atoms with E-state index in [-0.39, 0.29) is 11.1 Å². The zero-order valence-electron chi connectivity index (χ0n) is 21.4. The Morgan fingerprint density at radius 3 is 2.58 bits per heavy atom. The first-order valence-corrected chi connectivity index (χ1v) is 13.4. The molecule has 1 aromatic carbocycles. The average molecular weight is 531 g/mol. The van der Waals surface area contributed by atoms with E-state index in [1.165, 1.54) is 5.56 Å². The Hall–Kier alpha value is -3.83. The normalized spacial score (nSPS) is 17.2. The third-order valence-corrected chi connectivity index (χ3v) is 7.41. The molecule has 2 aliphatic rings. The number of anilines is 2. The van der Waals surface area contributed by atoms with Crippen molar-refractivity contribution in [1.82, 2.24) is 30.6 Å². The molecule has 2 aromatic heterocycles. The predicted octanol–water partition coefficient (Wildman–Crippen LogP) is 3.33. The number of carbonyl (C=O) groups excluding carboxylic acids is 2. The summed E-state index contributed by atoms with van der Waals surface area (Å²) in [5.41, 5.74) is 4.00. The van der Waals surface area contributed by atoms with E-state index in [0.29, 0.717) is 28.4 Å². The molecular weight excluding hydrogens is 500 g/mol. The summed E-state index contributed by atoms with van der Waals surface area (Å²) in [5.74, 6) is 1.53. The first-order chi connectivity index (χ1) is 18.5. The molecule has 4 heterocycles. The van der Waals surface area contributed by atoms with E-state index >= 15 is 0 Å². The number of hydrogen-bond donors (Lipinski definition) is 2. The number of amides is 2. The Morgan fingerprint density at radius 1 is 1.11 bits per heavy atom. The van der Waals surface area contributed by atoms with Gasteiger partial charge in [0.2, 0.25) is 11.9 Å². The molecule has 0 radical (unpaired) electrons. The van der Waals surface area contributed by atoms with Crippen LogP contribution in [0.2, 0.25) is 0 Å². The van der Waals surface area contributed by atoms with Gasteiger partial charge >= 0.3 is 0 Å². The number of nitrogens with one attached hydrogen (secondary N) is 2. The summed E-state index contributed by atoms with van der Waals surface area (Å²) in [6.07, 6.45) is 9.16. The topological polar surface area (TPSA) is 116 Å². The van der Waals surface area contributed by atoms with Gasteiger partial charge in [-0.2, -0.15) is 0 Å². The van der Waals surface area contributed by atoms with Crippen LogP contribution >= 0.6 is 11.8 Å². The number of benzene rings is 1. The maximum Gasteiger partial charge on any atom is 0.290 e. The van der Waals surface area contributed by atoms with Crippen molar-refractivity contribution in [3.05, 3.63) is 65.1 Å². The summed E-state index contributed by atoms with van der Waals surface area (Å²) in [6, 6.07) is 10.1. The Morgan fingerprint density at radius 2 is 1.87 bits per heavy atom. The second-order valence-corrected chi connectivity index (χ2v) is 10.5. The molecule has 11 heteroatoms. The van der Waals surface area contributed by atoms with Gasteiger partial charge in [-0.05, 0) is 60.3 Å². The third kappa shape index (κ3) is 6.17. The highest BCUT2D eigenvalue weighted by molar-refractivity contribution is 8.18. The van der Waals surface area contributed by atoms with Crippen LogP contribution in [0.4, 0.5) is 16.7 Å². The molecule has 196 valence electrons. The van der Waals surface area contributed by atoms with Crippen molar-refractivity contribution in [2.75, 3.05) is 43.5 Å². The van der Waals surface area contributed by atoms with Crippen molar-refractivity contribution in [3.8, 4) is 11.1 Å². The fraction of sp³-hybridized carbons (Fsp3) is 0.333. The number of aromatic nitrogens is 4. The summed E-state index contributed by atoms with van der Waals surface area (Å²) < 4.78 is 0. The molecule has 0 unspecified atom stereocenters. The van der Waals surface area contributed by atoms with Gasteiger partial charge in [-0.25, -0.2) is 19.9 Å². The largest absolute Gasteiger partial charge is 0.347 e. The Labute approximate surface area is 226 Å². The zero-order valence-corrected chi connectivity index (χ0v) is 22.2. The van der Waals surface area contributed by atoms with Crippen molar-refractivity contribution in [2.45, 2.75) is 19.4 Å². The van der Waals surface area contributed by atoms with Gasteiger partial charge in [0.1, 0.15) is 0 Å². The third-order valence-electron chi connectivity index (χ3n) is 6.60. The van der Waals surface area contributed by atoms with Gasteiger partial charge in [-0.3, -0.25) is 14.9 Å². The molecule has 0 saturated carbocycles. The van der Waals surface area contributed by atoms with Gasteiger partial charge in [0.05, 0.1) is 10.6 Å². The number of hydrogen-bond acceptors (Lipinski definition) is 10. The summed E-state index contributed by atoms with van der Waals surface area (Å²) >= 11 is 0.890. The summed E-state index contributed by atoms with van der Waals surface area (Å²) in [5, 5.41) is 5.55. The molecule has 0 bridgehead atoms. The minimum Gasteiger partial charge on any atom is -0.347 e. The van der Waals surface area contributed by atoms with Crippen molar-refractivity contribution < 1.29 is 9.59 Å². The van der Waals surface area contributed by atoms with E-state index in [1.807, 2.05) is 37.5 Å². The number of carbonyl (C=O) groups is 2. The van der Waals surface area contributed by atoms with Gasteiger partial charge < -0.3 is 15.1 Å². The average Bonchev–Trinajstić information content (AvgIpc) is 3.25. The fourth-order valence-corrected chi connectivity index (χ4v) is 5.21. The smallest absolute Gasteiger partial charge is 0.290 e. The second kappa shape index (κ2) is 11.7. The molecule has 2 aliphatic heterocycles. The molecule has 2 fully saturated rings. The van der Waals surface area contributed by atoms with E-state index < -0.39 is 0 Å². The summed E-state index contributed by atoms with van der Waals surface area (Å²) in [4.78, 5) is 45.6. The van der Waals surface area contributed by atoms with Crippen molar-refractivity contribution in [1.29, 1.82) is 0 Å². The highest BCUT2D eigenvalue weighted by atomic mass is 32.2. The van der Waals surface area contributed by atoms with Crippen LogP contribution in [0.25, 0.3) is 17.2 Å². The molecule has 10 nitrogen and oxygen atoms in total. The van der Waals surface area contributed by atoms with Gasteiger partial charge in [-0.1, -0.05) is 24.3 Å². The number of piperidine rings is 1. The van der Waals surface area contributed by atoms with E-state index in [9.17, 15) is 9.59 Å². The van der Waals surface area contributed by atoms with E-state index in [4.69, 9.17) is 0 Å². The molecule has 2 N–H and O–H groups in total. The second-order valence-electron chi connectivity index (χ2n) is 9.52. The van der Waals surface area contributed by atoms with E-state index in [2.05, 4.69) is 53.7 Å². The summed E-state index contributed by atoms with van der Waals surface area (Å²) in [7, 11) is 3.86.